The fourth-order valence-corrected chi connectivity index (χ4v) is 2.68. The Morgan fingerprint density at radius 1 is 0.913 bits per heavy atom. The van der Waals surface area contributed by atoms with Crippen molar-refractivity contribution in [3.8, 4) is 0 Å². The smallest absolute Gasteiger partial charge is 0.325 e. The molecule has 0 heterocycles. The highest BCUT2D eigenvalue weighted by atomic mass is 16.4. The van der Waals surface area contributed by atoms with Gasteiger partial charge in [0.05, 0.1) is 12.3 Å². The van der Waals surface area contributed by atoms with Gasteiger partial charge in [-0.2, -0.15) is 0 Å². The molecule has 23 heavy (non-hydrogen) atoms. The van der Waals surface area contributed by atoms with Crippen molar-refractivity contribution in [2.24, 2.45) is 11.7 Å². The summed E-state index contributed by atoms with van der Waals surface area (Å²) in [5.41, 5.74) is 3.34. The highest BCUT2D eigenvalue weighted by molar-refractivity contribution is 5.90. The van der Waals surface area contributed by atoms with Crippen molar-refractivity contribution in [1.29, 1.82) is 0 Å². The maximum atomic E-state index is 11.3. The van der Waals surface area contributed by atoms with Gasteiger partial charge in [-0.1, -0.05) is 58.3 Å². The van der Waals surface area contributed by atoms with Gasteiger partial charge in [-0.15, -0.1) is 0 Å². The SMILES string of the molecule is CCCCCCCCCCC(C(=O)O)C(N)(CC(=O)O)C(=O)O. The molecule has 0 aromatic rings. The molecule has 0 aliphatic rings. The maximum Gasteiger partial charge on any atom is 0.325 e. The van der Waals surface area contributed by atoms with Gasteiger partial charge in [-0.05, 0) is 6.42 Å². The predicted molar refractivity (Wildman–Crippen MR) is 85.2 cm³/mol. The first kappa shape index (κ1) is 21.4. The molecule has 0 saturated heterocycles. The van der Waals surface area contributed by atoms with E-state index in [1.54, 1.807) is 0 Å². The minimum atomic E-state index is -2.28. The maximum absolute atomic E-state index is 11.3. The van der Waals surface area contributed by atoms with Gasteiger partial charge in [0, 0.05) is 0 Å². The number of aliphatic carboxylic acids is 3. The molecule has 7 heteroatoms. The highest BCUT2D eigenvalue weighted by Crippen LogP contribution is 2.26. The summed E-state index contributed by atoms with van der Waals surface area (Å²) < 4.78 is 0. The minimum absolute atomic E-state index is 0.0698. The molecule has 0 aliphatic heterocycles. The van der Waals surface area contributed by atoms with Crippen LogP contribution in [0, 0.1) is 5.92 Å². The van der Waals surface area contributed by atoms with E-state index in [1.165, 1.54) is 19.3 Å². The first-order valence-corrected chi connectivity index (χ1v) is 8.22. The van der Waals surface area contributed by atoms with Gasteiger partial charge in [0.15, 0.2) is 0 Å². The molecule has 0 saturated carbocycles. The Morgan fingerprint density at radius 2 is 1.39 bits per heavy atom. The van der Waals surface area contributed by atoms with Crippen LogP contribution in [0.3, 0.4) is 0 Å². The summed E-state index contributed by atoms with van der Waals surface area (Å²) in [6.45, 7) is 2.14. The van der Waals surface area contributed by atoms with E-state index >= 15 is 0 Å². The molecule has 0 aliphatic carbocycles. The molecule has 134 valence electrons. The second kappa shape index (κ2) is 11.0. The van der Waals surface area contributed by atoms with Crippen molar-refractivity contribution in [2.45, 2.75) is 76.7 Å². The third-order valence-electron chi connectivity index (χ3n) is 4.11. The van der Waals surface area contributed by atoms with Gasteiger partial charge in [0.25, 0.3) is 0 Å². The number of nitrogens with two attached hydrogens (primary N) is 1. The van der Waals surface area contributed by atoms with E-state index < -0.39 is 35.8 Å². The summed E-state index contributed by atoms with van der Waals surface area (Å²) in [6, 6.07) is 0. The average molecular weight is 331 g/mol. The molecule has 7 nitrogen and oxygen atoms in total. The number of hydrogen-bond donors (Lipinski definition) is 4. The molecule has 2 atom stereocenters. The Morgan fingerprint density at radius 3 is 1.78 bits per heavy atom. The molecule has 0 rings (SSSR count). The third kappa shape index (κ3) is 7.97. The largest absolute Gasteiger partial charge is 0.481 e. The van der Waals surface area contributed by atoms with E-state index in [1.807, 2.05) is 0 Å². The summed E-state index contributed by atoms with van der Waals surface area (Å²) in [4.78, 5) is 33.4. The normalized spacial score (nSPS) is 14.9. The van der Waals surface area contributed by atoms with Crippen LogP contribution in [0.25, 0.3) is 0 Å². The van der Waals surface area contributed by atoms with Gasteiger partial charge in [0.2, 0.25) is 0 Å². The number of hydrogen-bond acceptors (Lipinski definition) is 4. The van der Waals surface area contributed by atoms with Crippen LogP contribution >= 0.6 is 0 Å². The van der Waals surface area contributed by atoms with Crippen LogP contribution in [0.15, 0.2) is 0 Å². The predicted octanol–water partition coefficient (Wildman–Crippen LogP) is 2.47. The summed E-state index contributed by atoms with van der Waals surface area (Å²) >= 11 is 0. The van der Waals surface area contributed by atoms with Gasteiger partial charge in [0.1, 0.15) is 5.54 Å². The lowest BCUT2D eigenvalue weighted by Gasteiger charge is -2.29. The van der Waals surface area contributed by atoms with Gasteiger partial charge >= 0.3 is 17.9 Å². The highest BCUT2D eigenvalue weighted by Gasteiger charge is 2.47. The Labute approximate surface area is 136 Å². The van der Waals surface area contributed by atoms with E-state index in [9.17, 15) is 24.6 Å². The molecule has 0 bridgehead atoms. The summed E-state index contributed by atoms with van der Waals surface area (Å²) in [5, 5.41) is 27.2. The van der Waals surface area contributed by atoms with Crippen LogP contribution in [0.4, 0.5) is 0 Å². The summed E-state index contributed by atoms with van der Waals surface area (Å²) in [5.74, 6) is -5.78. The summed E-state index contributed by atoms with van der Waals surface area (Å²) in [7, 11) is 0. The minimum Gasteiger partial charge on any atom is -0.481 e. The van der Waals surface area contributed by atoms with E-state index in [0.717, 1.165) is 25.7 Å². The van der Waals surface area contributed by atoms with Crippen molar-refractivity contribution >= 4 is 17.9 Å². The topological polar surface area (TPSA) is 138 Å². The van der Waals surface area contributed by atoms with Crippen molar-refractivity contribution in [3.05, 3.63) is 0 Å². The van der Waals surface area contributed by atoms with Crippen LogP contribution in [0.1, 0.15) is 71.1 Å². The zero-order valence-corrected chi connectivity index (χ0v) is 13.8. The van der Waals surface area contributed by atoms with E-state index in [-0.39, 0.29) is 6.42 Å². The van der Waals surface area contributed by atoms with E-state index in [0.29, 0.717) is 6.42 Å². The Hall–Kier alpha value is -1.63. The molecule has 2 unspecified atom stereocenters. The molecule has 5 N–H and O–H groups in total. The van der Waals surface area contributed by atoms with Crippen LogP contribution in [0.2, 0.25) is 0 Å². The number of rotatable bonds is 14. The molecule has 0 fully saturated rings. The van der Waals surface area contributed by atoms with Crippen LogP contribution in [-0.4, -0.2) is 38.8 Å². The first-order valence-electron chi connectivity index (χ1n) is 8.22. The standard InChI is InChI=1S/C16H29NO6/c1-2-3-4-5-6-7-8-9-10-12(14(20)21)16(17,15(22)23)11-13(18)19/h12H,2-11,17H2,1H3,(H,18,19)(H,20,21)(H,22,23). The zero-order chi connectivity index (χ0) is 17.9. The number of carbonyl (C=O) groups is 3. The Kier molecular flexibility index (Phi) is 10.2. The third-order valence-corrected chi connectivity index (χ3v) is 4.11. The van der Waals surface area contributed by atoms with Crippen molar-refractivity contribution < 1.29 is 29.7 Å². The van der Waals surface area contributed by atoms with Crippen molar-refractivity contribution in [2.75, 3.05) is 0 Å². The van der Waals surface area contributed by atoms with Crippen molar-refractivity contribution in [3.63, 3.8) is 0 Å². The average Bonchev–Trinajstić information content (AvgIpc) is 2.44. The molecule has 0 spiro atoms. The van der Waals surface area contributed by atoms with Crippen LogP contribution < -0.4 is 5.73 Å². The van der Waals surface area contributed by atoms with E-state index in [2.05, 4.69) is 6.92 Å². The monoisotopic (exact) mass is 331 g/mol. The zero-order valence-electron chi connectivity index (χ0n) is 13.8. The van der Waals surface area contributed by atoms with Gasteiger partial charge in [-0.25, -0.2) is 0 Å². The van der Waals surface area contributed by atoms with Crippen molar-refractivity contribution in [1.82, 2.24) is 0 Å². The lowest BCUT2D eigenvalue weighted by atomic mass is 9.78. The molecule has 0 aromatic heterocycles. The second-order valence-corrected chi connectivity index (χ2v) is 6.07. The lowest BCUT2D eigenvalue weighted by molar-refractivity contribution is -0.159. The molecular weight excluding hydrogens is 302 g/mol. The quantitative estimate of drug-likeness (QED) is 0.359. The molecule has 0 aromatic carbocycles. The van der Waals surface area contributed by atoms with Gasteiger partial charge < -0.3 is 21.1 Å². The van der Waals surface area contributed by atoms with Crippen LogP contribution in [0.5, 0.6) is 0 Å². The Bertz CT molecular complexity index is 398. The Balaban J connectivity index is 4.42. The lowest BCUT2D eigenvalue weighted by Crippen LogP contribution is -2.57. The summed E-state index contributed by atoms with van der Waals surface area (Å²) in [6.07, 6.45) is 7.23. The van der Waals surface area contributed by atoms with Crippen LogP contribution in [-0.2, 0) is 14.4 Å². The van der Waals surface area contributed by atoms with Gasteiger partial charge in [-0.3, -0.25) is 14.4 Å². The number of carboxylic acid groups (broad SMARTS) is 3. The number of unbranched alkanes of at least 4 members (excludes halogenated alkanes) is 7. The number of carboxylic acids is 3. The fraction of sp³-hybridized carbons (Fsp3) is 0.812. The first-order chi connectivity index (χ1) is 10.8. The second-order valence-electron chi connectivity index (χ2n) is 6.07. The molecule has 0 radical (unpaired) electrons. The molecular formula is C16H29NO6. The van der Waals surface area contributed by atoms with E-state index in [4.69, 9.17) is 10.8 Å². The molecule has 0 amide bonds. The fourth-order valence-electron chi connectivity index (χ4n) is 2.68.